The van der Waals surface area contributed by atoms with E-state index in [0.717, 1.165) is 0 Å². The van der Waals surface area contributed by atoms with Crippen molar-refractivity contribution in [3.8, 4) is 5.75 Å². The van der Waals surface area contributed by atoms with Crippen LogP contribution in [0.4, 0.5) is 0 Å². The summed E-state index contributed by atoms with van der Waals surface area (Å²) >= 11 is 0. The second-order valence-corrected chi connectivity index (χ2v) is 4.55. The highest BCUT2D eigenvalue weighted by molar-refractivity contribution is 5.89. The van der Waals surface area contributed by atoms with Crippen LogP contribution in [-0.4, -0.2) is 29.7 Å². The zero-order chi connectivity index (χ0) is 12.9. The number of hydrogen-bond acceptors (Lipinski definition) is 5. The minimum absolute atomic E-state index is 0.370. The molecule has 1 heterocycles. The van der Waals surface area contributed by atoms with Gasteiger partial charge < -0.3 is 15.2 Å². The number of hydrogen-bond donors (Lipinski definition) is 1. The number of rotatable bonds is 4. The van der Waals surface area contributed by atoms with Crippen LogP contribution in [0.5, 0.6) is 5.75 Å². The summed E-state index contributed by atoms with van der Waals surface area (Å²) in [7, 11) is 0. The number of carbonyl (C=O) groups excluding carboxylic acids is 1. The van der Waals surface area contributed by atoms with Gasteiger partial charge in [0, 0.05) is 12.7 Å². The summed E-state index contributed by atoms with van der Waals surface area (Å²) in [6.07, 6.45) is 2.98. The molecule has 0 spiro atoms. The maximum Gasteiger partial charge on any atom is 0.340 e. The predicted octanol–water partition coefficient (Wildman–Crippen LogP) is 1.37. The number of ether oxygens (including phenoxy) is 2. The van der Waals surface area contributed by atoms with Crippen molar-refractivity contribution < 1.29 is 14.3 Å². The van der Waals surface area contributed by atoms with Crippen LogP contribution in [0.2, 0.25) is 0 Å². The molecular formula is C12H18N2O3. The van der Waals surface area contributed by atoms with Crippen LogP contribution in [0.25, 0.3) is 0 Å². The Morgan fingerprint density at radius 1 is 1.41 bits per heavy atom. The third-order valence-corrected chi connectivity index (χ3v) is 1.73. The Bertz CT molecular complexity index is 386. The first kappa shape index (κ1) is 13.4. The number of aromatic nitrogens is 1. The molecule has 0 bridgehead atoms. The smallest absolute Gasteiger partial charge is 0.340 e. The number of carbonyl (C=O) groups is 1. The first-order valence-electron chi connectivity index (χ1n) is 5.43. The minimum atomic E-state index is -0.523. The molecule has 0 radical (unpaired) electrons. The maximum absolute atomic E-state index is 11.7. The summed E-state index contributed by atoms with van der Waals surface area (Å²) < 4.78 is 10.5. The van der Waals surface area contributed by atoms with Crippen LogP contribution in [-0.2, 0) is 4.74 Å². The van der Waals surface area contributed by atoms with Crippen molar-refractivity contribution in [1.29, 1.82) is 0 Å². The molecule has 1 aromatic heterocycles. The zero-order valence-corrected chi connectivity index (χ0v) is 10.4. The van der Waals surface area contributed by atoms with Gasteiger partial charge in [0.05, 0.1) is 11.8 Å². The molecule has 0 atom stereocenters. The van der Waals surface area contributed by atoms with E-state index >= 15 is 0 Å². The summed E-state index contributed by atoms with van der Waals surface area (Å²) in [5.74, 6) is 0.0991. The molecule has 5 heteroatoms. The lowest BCUT2D eigenvalue weighted by molar-refractivity contribution is 0.00686. The molecule has 1 rings (SSSR count). The van der Waals surface area contributed by atoms with Gasteiger partial charge in [0.1, 0.15) is 18.0 Å². The average Bonchev–Trinajstić information content (AvgIpc) is 2.24. The molecule has 0 amide bonds. The fraction of sp³-hybridized carbons (Fsp3) is 0.500. The van der Waals surface area contributed by atoms with Crippen LogP contribution < -0.4 is 10.5 Å². The number of esters is 1. The highest BCUT2D eigenvalue weighted by Gasteiger charge is 2.18. The Morgan fingerprint density at radius 3 is 2.71 bits per heavy atom. The van der Waals surface area contributed by atoms with Gasteiger partial charge in [0.25, 0.3) is 0 Å². The third-order valence-electron chi connectivity index (χ3n) is 1.73. The largest absolute Gasteiger partial charge is 0.491 e. The van der Waals surface area contributed by atoms with Crippen molar-refractivity contribution in [3.05, 3.63) is 24.0 Å². The van der Waals surface area contributed by atoms with E-state index in [1.165, 1.54) is 12.4 Å². The van der Waals surface area contributed by atoms with Gasteiger partial charge in [-0.2, -0.15) is 0 Å². The molecule has 0 fully saturated rings. The predicted molar refractivity (Wildman–Crippen MR) is 64.0 cm³/mol. The average molecular weight is 238 g/mol. The first-order valence-corrected chi connectivity index (χ1v) is 5.43. The Kier molecular flexibility index (Phi) is 4.45. The SMILES string of the molecule is CC(C)(C)OC(=O)c1cncc(OCCN)c1. The van der Waals surface area contributed by atoms with Crippen molar-refractivity contribution >= 4 is 5.97 Å². The van der Waals surface area contributed by atoms with Crippen molar-refractivity contribution in [3.63, 3.8) is 0 Å². The molecule has 5 nitrogen and oxygen atoms in total. The summed E-state index contributed by atoms with van der Waals surface area (Å²) in [6.45, 7) is 6.24. The van der Waals surface area contributed by atoms with E-state index in [1.54, 1.807) is 6.07 Å². The lowest BCUT2D eigenvalue weighted by Gasteiger charge is -2.19. The lowest BCUT2D eigenvalue weighted by atomic mass is 10.2. The van der Waals surface area contributed by atoms with Crippen LogP contribution in [0.3, 0.4) is 0 Å². The Hall–Kier alpha value is -1.62. The van der Waals surface area contributed by atoms with Gasteiger partial charge in [-0.3, -0.25) is 4.98 Å². The van der Waals surface area contributed by atoms with E-state index < -0.39 is 11.6 Å². The van der Waals surface area contributed by atoms with E-state index in [4.69, 9.17) is 15.2 Å². The molecule has 0 saturated carbocycles. The van der Waals surface area contributed by atoms with E-state index in [-0.39, 0.29) is 0 Å². The van der Waals surface area contributed by atoms with Crippen LogP contribution in [0, 0.1) is 0 Å². The van der Waals surface area contributed by atoms with Crippen molar-refractivity contribution in [2.75, 3.05) is 13.2 Å². The summed E-state index contributed by atoms with van der Waals surface area (Å²) in [5.41, 5.74) is 5.17. The summed E-state index contributed by atoms with van der Waals surface area (Å²) in [6, 6.07) is 1.59. The topological polar surface area (TPSA) is 74.4 Å². The summed E-state index contributed by atoms with van der Waals surface area (Å²) in [5, 5.41) is 0. The highest BCUT2D eigenvalue weighted by atomic mass is 16.6. The van der Waals surface area contributed by atoms with Gasteiger partial charge in [-0.25, -0.2) is 4.79 Å². The number of pyridine rings is 1. The molecule has 0 aliphatic rings. The fourth-order valence-electron chi connectivity index (χ4n) is 1.12. The lowest BCUT2D eigenvalue weighted by Crippen LogP contribution is -2.24. The van der Waals surface area contributed by atoms with Gasteiger partial charge in [0.15, 0.2) is 0 Å². The quantitative estimate of drug-likeness (QED) is 0.802. The monoisotopic (exact) mass is 238 g/mol. The molecular weight excluding hydrogens is 220 g/mol. The van der Waals surface area contributed by atoms with Crippen LogP contribution in [0.1, 0.15) is 31.1 Å². The van der Waals surface area contributed by atoms with E-state index in [9.17, 15) is 4.79 Å². The second-order valence-electron chi connectivity index (χ2n) is 4.55. The number of nitrogens with two attached hydrogens (primary N) is 1. The standard InChI is InChI=1S/C12H18N2O3/c1-12(2,3)17-11(15)9-6-10(8-14-7-9)16-5-4-13/h6-8H,4-5,13H2,1-3H3. The van der Waals surface area contributed by atoms with Gasteiger partial charge in [-0.1, -0.05) is 0 Å². The molecule has 0 saturated heterocycles. The molecule has 0 aliphatic heterocycles. The molecule has 2 N–H and O–H groups in total. The van der Waals surface area contributed by atoms with E-state index in [2.05, 4.69) is 4.98 Å². The van der Waals surface area contributed by atoms with Gasteiger partial charge in [0.2, 0.25) is 0 Å². The van der Waals surface area contributed by atoms with Gasteiger partial charge in [-0.05, 0) is 26.8 Å². The van der Waals surface area contributed by atoms with Crippen molar-refractivity contribution in [1.82, 2.24) is 4.98 Å². The Labute approximate surface area is 101 Å². The fourth-order valence-corrected chi connectivity index (χ4v) is 1.12. The Morgan fingerprint density at radius 2 is 2.12 bits per heavy atom. The molecule has 94 valence electrons. The molecule has 17 heavy (non-hydrogen) atoms. The zero-order valence-electron chi connectivity index (χ0n) is 10.4. The van der Waals surface area contributed by atoms with Crippen molar-refractivity contribution in [2.24, 2.45) is 5.73 Å². The van der Waals surface area contributed by atoms with Crippen LogP contribution in [0.15, 0.2) is 18.5 Å². The second kappa shape index (κ2) is 5.63. The first-order chi connectivity index (χ1) is 7.92. The maximum atomic E-state index is 11.7. The normalized spacial score (nSPS) is 11.1. The van der Waals surface area contributed by atoms with Gasteiger partial charge >= 0.3 is 5.97 Å². The minimum Gasteiger partial charge on any atom is -0.491 e. The molecule has 1 aromatic rings. The Balaban J connectivity index is 2.74. The van der Waals surface area contributed by atoms with E-state index in [0.29, 0.717) is 24.5 Å². The molecule has 0 aromatic carbocycles. The highest BCUT2D eigenvalue weighted by Crippen LogP contribution is 2.15. The van der Waals surface area contributed by atoms with Gasteiger partial charge in [-0.15, -0.1) is 0 Å². The van der Waals surface area contributed by atoms with Crippen molar-refractivity contribution in [2.45, 2.75) is 26.4 Å². The molecule has 0 unspecified atom stereocenters. The van der Waals surface area contributed by atoms with Crippen LogP contribution >= 0.6 is 0 Å². The number of nitrogens with zero attached hydrogens (tertiary/aromatic N) is 1. The summed E-state index contributed by atoms with van der Waals surface area (Å²) in [4.78, 5) is 15.7. The molecule has 0 aliphatic carbocycles. The van der Waals surface area contributed by atoms with E-state index in [1.807, 2.05) is 20.8 Å². The third kappa shape index (κ3) is 4.82.